The van der Waals surface area contributed by atoms with E-state index in [1.165, 1.54) is 9.77 Å². The van der Waals surface area contributed by atoms with Crippen molar-refractivity contribution in [2.24, 2.45) is 0 Å². The van der Waals surface area contributed by atoms with Crippen molar-refractivity contribution < 1.29 is 4.74 Å². The molecule has 0 radical (unpaired) electrons. The molecule has 0 amide bonds. The standard InChI is InChI=1S/C14H18N2OS2/c1-3-8-15-14-16-9-13(19-14)10-18-12-6-4-11(17-2)5-7-12/h4-7,9H,3,8,10H2,1-2H3,(H,15,16). The van der Waals surface area contributed by atoms with Crippen LogP contribution in [0.2, 0.25) is 0 Å². The highest BCUT2D eigenvalue weighted by Crippen LogP contribution is 2.28. The summed E-state index contributed by atoms with van der Waals surface area (Å²) in [5.41, 5.74) is 0. The van der Waals surface area contributed by atoms with Crippen LogP contribution in [0.3, 0.4) is 0 Å². The lowest BCUT2D eigenvalue weighted by molar-refractivity contribution is 0.414. The molecular formula is C14H18N2OS2. The van der Waals surface area contributed by atoms with E-state index in [-0.39, 0.29) is 0 Å². The molecule has 1 aromatic heterocycles. The fourth-order valence-electron chi connectivity index (χ4n) is 1.51. The second kappa shape index (κ2) is 7.40. The van der Waals surface area contributed by atoms with Crippen molar-refractivity contribution in [3.63, 3.8) is 0 Å². The lowest BCUT2D eigenvalue weighted by Gasteiger charge is -2.02. The van der Waals surface area contributed by atoms with Crippen molar-refractivity contribution in [2.75, 3.05) is 19.0 Å². The van der Waals surface area contributed by atoms with Crippen LogP contribution in [-0.4, -0.2) is 18.6 Å². The number of thioether (sulfide) groups is 1. The Balaban J connectivity index is 1.85. The number of nitrogens with one attached hydrogen (secondary N) is 1. The molecule has 0 saturated carbocycles. The number of ether oxygens (including phenoxy) is 1. The summed E-state index contributed by atoms with van der Waals surface area (Å²) in [6, 6.07) is 8.15. The van der Waals surface area contributed by atoms with Gasteiger partial charge in [-0.05, 0) is 30.7 Å². The minimum Gasteiger partial charge on any atom is -0.497 e. The molecule has 2 aromatic rings. The maximum Gasteiger partial charge on any atom is 0.182 e. The Morgan fingerprint density at radius 3 is 2.79 bits per heavy atom. The Morgan fingerprint density at radius 1 is 1.32 bits per heavy atom. The molecule has 2 rings (SSSR count). The second-order valence-electron chi connectivity index (χ2n) is 4.02. The lowest BCUT2D eigenvalue weighted by atomic mass is 10.3. The fourth-order valence-corrected chi connectivity index (χ4v) is 3.27. The summed E-state index contributed by atoms with van der Waals surface area (Å²) in [4.78, 5) is 6.91. The topological polar surface area (TPSA) is 34.2 Å². The van der Waals surface area contributed by atoms with Crippen LogP contribution < -0.4 is 10.1 Å². The van der Waals surface area contributed by atoms with Gasteiger partial charge in [0, 0.05) is 28.3 Å². The summed E-state index contributed by atoms with van der Waals surface area (Å²) in [6.45, 7) is 3.14. The lowest BCUT2D eigenvalue weighted by Crippen LogP contribution is -1.97. The maximum absolute atomic E-state index is 5.15. The second-order valence-corrected chi connectivity index (χ2v) is 6.19. The van der Waals surface area contributed by atoms with Crippen molar-refractivity contribution in [1.29, 1.82) is 0 Å². The quantitative estimate of drug-likeness (QED) is 0.773. The van der Waals surface area contributed by atoms with E-state index >= 15 is 0 Å². The Morgan fingerprint density at radius 2 is 2.11 bits per heavy atom. The van der Waals surface area contributed by atoms with E-state index < -0.39 is 0 Å². The first-order valence-electron chi connectivity index (χ1n) is 6.27. The van der Waals surface area contributed by atoms with Gasteiger partial charge in [-0.2, -0.15) is 0 Å². The van der Waals surface area contributed by atoms with E-state index in [1.807, 2.05) is 30.1 Å². The van der Waals surface area contributed by atoms with Gasteiger partial charge >= 0.3 is 0 Å². The number of aromatic nitrogens is 1. The largest absolute Gasteiger partial charge is 0.497 e. The van der Waals surface area contributed by atoms with E-state index in [1.54, 1.807) is 18.4 Å². The van der Waals surface area contributed by atoms with Crippen LogP contribution in [0.4, 0.5) is 5.13 Å². The molecule has 5 heteroatoms. The highest BCUT2D eigenvalue weighted by molar-refractivity contribution is 7.98. The monoisotopic (exact) mass is 294 g/mol. The van der Waals surface area contributed by atoms with Gasteiger partial charge in [0.25, 0.3) is 0 Å². The molecule has 1 N–H and O–H groups in total. The van der Waals surface area contributed by atoms with Gasteiger partial charge in [-0.3, -0.25) is 0 Å². The Labute approximate surface area is 122 Å². The maximum atomic E-state index is 5.15. The molecule has 1 heterocycles. The van der Waals surface area contributed by atoms with Gasteiger partial charge < -0.3 is 10.1 Å². The minimum atomic E-state index is 0.896. The number of benzene rings is 1. The predicted octanol–water partition coefficient (Wildman–Crippen LogP) is 4.27. The molecule has 0 aliphatic carbocycles. The molecule has 0 aliphatic heterocycles. The smallest absolute Gasteiger partial charge is 0.182 e. The number of hydrogen-bond acceptors (Lipinski definition) is 5. The normalized spacial score (nSPS) is 10.4. The van der Waals surface area contributed by atoms with Crippen molar-refractivity contribution in [2.45, 2.75) is 24.0 Å². The highest BCUT2D eigenvalue weighted by Gasteiger charge is 2.02. The van der Waals surface area contributed by atoms with Crippen molar-refractivity contribution in [3.8, 4) is 5.75 Å². The molecule has 0 bridgehead atoms. The van der Waals surface area contributed by atoms with Crippen molar-refractivity contribution in [1.82, 2.24) is 4.98 Å². The van der Waals surface area contributed by atoms with E-state index in [4.69, 9.17) is 4.74 Å². The first kappa shape index (κ1) is 14.2. The summed E-state index contributed by atoms with van der Waals surface area (Å²) in [7, 11) is 1.68. The average Bonchev–Trinajstić information content (AvgIpc) is 2.91. The molecule has 0 atom stereocenters. The zero-order chi connectivity index (χ0) is 13.5. The zero-order valence-corrected chi connectivity index (χ0v) is 12.8. The average molecular weight is 294 g/mol. The van der Waals surface area contributed by atoms with Crippen LogP contribution in [0.25, 0.3) is 0 Å². The van der Waals surface area contributed by atoms with E-state index in [0.717, 1.165) is 29.6 Å². The number of thiazole rings is 1. The van der Waals surface area contributed by atoms with Crippen LogP contribution in [0, 0.1) is 0 Å². The van der Waals surface area contributed by atoms with Crippen molar-refractivity contribution >= 4 is 28.2 Å². The van der Waals surface area contributed by atoms with Gasteiger partial charge in [0.1, 0.15) is 5.75 Å². The third kappa shape index (κ3) is 4.44. The molecule has 1 aromatic carbocycles. The highest BCUT2D eigenvalue weighted by atomic mass is 32.2. The number of anilines is 1. The molecule has 19 heavy (non-hydrogen) atoms. The molecule has 0 saturated heterocycles. The van der Waals surface area contributed by atoms with Crippen LogP contribution >= 0.6 is 23.1 Å². The van der Waals surface area contributed by atoms with Crippen molar-refractivity contribution in [3.05, 3.63) is 35.3 Å². The molecule has 0 unspecified atom stereocenters. The van der Waals surface area contributed by atoms with Crippen LogP contribution in [0.1, 0.15) is 18.2 Å². The van der Waals surface area contributed by atoms with Crippen LogP contribution in [-0.2, 0) is 5.75 Å². The molecule has 102 valence electrons. The van der Waals surface area contributed by atoms with E-state index in [2.05, 4.69) is 29.4 Å². The van der Waals surface area contributed by atoms with Gasteiger partial charge in [-0.25, -0.2) is 4.98 Å². The number of hydrogen-bond donors (Lipinski definition) is 1. The SMILES string of the molecule is CCCNc1ncc(CSc2ccc(OC)cc2)s1. The summed E-state index contributed by atoms with van der Waals surface area (Å²) in [5.74, 6) is 1.85. The van der Waals surface area contributed by atoms with Gasteiger partial charge in [0.05, 0.1) is 7.11 Å². The third-order valence-electron chi connectivity index (χ3n) is 2.52. The van der Waals surface area contributed by atoms with Gasteiger partial charge in [-0.1, -0.05) is 6.92 Å². The first-order valence-corrected chi connectivity index (χ1v) is 8.07. The summed E-state index contributed by atoms with van der Waals surface area (Å²) in [6.07, 6.45) is 3.08. The fraction of sp³-hybridized carbons (Fsp3) is 0.357. The molecular weight excluding hydrogens is 276 g/mol. The zero-order valence-electron chi connectivity index (χ0n) is 11.2. The first-order chi connectivity index (χ1) is 9.31. The Hall–Kier alpha value is -1.20. The summed E-state index contributed by atoms with van der Waals surface area (Å²) < 4.78 is 5.15. The molecule has 0 aliphatic rings. The van der Waals surface area contributed by atoms with Gasteiger partial charge in [0.2, 0.25) is 0 Å². The minimum absolute atomic E-state index is 0.896. The van der Waals surface area contributed by atoms with Crippen LogP contribution in [0.5, 0.6) is 5.75 Å². The van der Waals surface area contributed by atoms with E-state index in [0.29, 0.717) is 0 Å². The number of methoxy groups -OCH3 is 1. The summed E-state index contributed by atoms with van der Waals surface area (Å²) in [5, 5.41) is 4.33. The number of rotatable bonds is 7. The van der Waals surface area contributed by atoms with Gasteiger partial charge in [0.15, 0.2) is 5.13 Å². The van der Waals surface area contributed by atoms with E-state index in [9.17, 15) is 0 Å². The predicted molar refractivity (Wildman–Crippen MR) is 83.4 cm³/mol. The molecule has 0 spiro atoms. The molecule has 3 nitrogen and oxygen atoms in total. The third-order valence-corrected chi connectivity index (χ3v) is 4.72. The summed E-state index contributed by atoms with van der Waals surface area (Å²) >= 11 is 3.55. The Bertz CT molecular complexity index is 496. The molecule has 0 fully saturated rings. The Kier molecular flexibility index (Phi) is 5.54. The number of nitrogens with zero attached hydrogens (tertiary/aromatic N) is 1. The van der Waals surface area contributed by atoms with Crippen LogP contribution in [0.15, 0.2) is 35.4 Å². The van der Waals surface area contributed by atoms with Gasteiger partial charge in [-0.15, -0.1) is 23.1 Å².